The number of nitrogens with two attached hydrogens (primary N) is 1. The maximum atomic E-state index is 5.78. The van der Waals surface area contributed by atoms with E-state index in [1.54, 1.807) is 7.11 Å². The van der Waals surface area contributed by atoms with Crippen LogP contribution >= 0.6 is 0 Å². The van der Waals surface area contributed by atoms with E-state index < -0.39 is 0 Å². The van der Waals surface area contributed by atoms with Gasteiger partial charge in [0.1, 0.15) is 12.4 Å². The van der Waals surface area contributed by atoms with E-state index in [1.165, 1.54) is 0 Å². The van der Waals surface area contributed by atoms with E-state index in [4.69, 9.17) is 24.7 Å². The smallest absolute Gasteiger partial charge is 0.119 e. The lowest BCUT2D eigenvalue weighted by Crippen LogP contribution is -2.12. The number of methoxy groups -OCH3 is 1. The summed E-state index contributed by atoms with van der Waals surface area (Å²) in [5.74, 6) is 0.828. The number of benzene rings is 1. The van der Waals surface area contributed by atoms with Crippen molar-refractivity contribution in [3.05, 3.63) is 29.8 Å². The van der Waals surface area contributed by atoms with Crippen LogP contribution < -0.4 is 10.5 Å². The fourth-order valence-corrected chi connectivity index (χ4v) is 1.55. The highest BCUT2D eigenvalue weighted by Gasteiger charge is 1.99. The molecule has 1 rings (SSSR count). The molecule has 0 aliphatic rings. The van der Waals surface area contributed by atoms with Gasteiger partial charge in [-0.2, -0.15) is 0 Å². The van der Waals surface area contributed by atoms with Gasteiger partial charge in [0.2, 0.25) is 0 Å². The van der Waals surface area contributed by atoms with Gasteiger partial charge in [-0.25, -0.2) is 0 Å². The van der Waals surface area contributed by atoms with Crippen LogP contribution in [0.5, 0.6) is 5.75 Å². The van der Waals surface area contributed by atoms with Crippen LogP contribution in [0.4, 0.5) is 0 Å². The van der Waals surface area contributed by atoms with Gasteiger partial charge in [0, 0.05) is 13.2 Å². The lowest BCUT2D eigenvalue weighted by molar-refractivity contribution is 0.0180. The molecule has 2 N–H and O–H groups in total. The summed E-state index contributed by atoms with van der Waals surface area (Å²) in [6, 6.07) is 7.85. The molecule has 1 aromatic rings. The second-order valence-corrected chi connectivity index (χ2v) is 4.42. The van der Waals surface area contributed by atoms with Crippen LogP contribution in [0.15, 0.2) is 24.3 Å². The summed E-state index contributed by atoms with van der Waals surface area (Å²) < 4.78 is 21.1. The van der Waals surface area contributed by atoms with Crippen molar-refractivity contribution in [3.8, 4) is 5.75 Å². The first kappa shape index (κ1) is 16.9. The molecule has 1 unspecified atom stereocenters. The predicted molar refractivity (Wildman–Crippen MR) is 78.1 cm³/mol. The zero-order chi connectivity index (χ0) is 14.6. The quantitative estimate of drug-likeness (QED) is 0.627. The van der Waals surface area contributed by atoms with E-state index in [0.717, 1.165) is 11.3 Å². The number of rotatable bonds is 11. The normalized spacial score (nSPS) is 12.3. The highest BCUT2D eigenvalue weighted by atomic mass is 16.6. The van der Waals surface area contributed by atoms with Crippen LogP contribution in [0.2, 0.25) is 0 Å². The molecule has 114 valence electrons. The van der Waals surface area contributed by atoms with E-state index in [2.05, 4.69) is 0 Å². The largest absolute Gasteiger partial charge is 0.491 e. The Bertz CT molecular complexity index is 340. The molecule has 0 radical (unpaired) electrons. The minimum atomic E-state index is 0.0468. The van der Waals surface area contributed by atoms with E-state index >= 15 is 0 Å². The Morgan fingerprint density at radius 2 is 1.45 bits per heavy atom. The van der Waals surface area contributed by atoms with Crippen molar-refractivity contribution in [1.82, 2.24) is 0 Å². The summed E-state index contributed by atoms with van der Waals surface area (Å²) in [6.07, 6.45) is 0. The SMILES string of the molecule is COCCOCCOCCOc1ccc(C(C)N)cc1. The highest BCUT2D eigenvalue weighted by Crippen LogP contribution is 2.15. The number of hydrogen-bond donors (Lipinski definition) is 1. The third kappa shape index (κ3) is 7.45. The zero-order valence-electron chi connectivity index (χ0n) is 12.3. The van der Waals surface area contributed by atoms with Crippen LogP contribution in [0.25, 0.3) is 0 Å². The maximum absolute atomic E-state index is 5.78. The fourth-order valence-electron chi connectivity index (χ4n) is 1.55. The Morgan fingerprint density at radius 1 is 0.900 bits per heavy atom. The van der Waals surface area contributed by atoms with Gasteiger partial charge in [0.15, 0.2) is 0 Å². The average molecular weight is 283 g/mol. The molecule has 20 heavy (non-hydrogen) atoms. The molecule has 0 bridgehead atoms. The summed E-state index contributed by atoms with van der Waals surface area (Å²) >= 11 is 0. The van der Waals surface area contributed by atoms with Crippen molar-refractivity contribution in [2.24, 2.45) is 5.73 Å². The third-order valence-corrected chi connectivity index (χ3v) is 2.71. The Hall–Kier alpha value is -1.14. The second kappa shape index (κ2) is 10.6. The van der Waals surface area contributed by atoms with Gasteiger partial charge in [-0.15, -0.1) is 0 Å². The third-order valence-electron chi connectivity index (χ3n) is 2.71. The van der Waals surface area contributed by atoms with E-state index in [0.29, 0.717) is 39.6 Å². The number of ether oxygens (including phenoxy) is 4. The average Bonchev–Trinajstić information content (AvgIpc) is 2.46. The molecule has 5 heteroatoms. The van der Waals surface area contributed by atoms with E-state index in [-0.39, 0.29) is 6.04 Å². The zero-order valence-corrected chi connectivity index (χ0v) is 12.3. The molecule has 5 nitrogen and oxygen atoms in total. The monoisotopic (exact) mass is 283 g/mol. The Balaban J connectivity index is 2.01. The van der Waals surface area contributed by atoms with Crippen LogP contribution in [0, 0.1) is 0 Å². The van der Waals surface area contributed by atoms with Gasteiger partial charge in [0.05, 0.1) is 33.0 Å². The molecule has 1 aromatic carbocycles. The Labute approximate surface area is 121 Å². The van der Waals surface area contributed by atoms with Crippen LogP contribution in [-0.2, 0) is 14.2 Å². The van der Waals surface area contributed by atoms with Crippen LogP contribution in [0.1, 0.15) is 18.5 Å². The van der Waals surface area contributed by atoms with Gasteiger partial charge < -0.3 is 24.7 Å². The maximum Gasteiger partial charge on any atom is 0.119 e. The number of hydrogen-bond acceptors (Lipinski definition) is 5. The topological polar surface area (TPSA) is 62.9 Å². The first-order valence-corrected chi connectivity index (χ1v) is 6.87. The first-order chi connectivity index (χ1) is 9.74. The molecule has 0 heterocycles. The fraction of sp³-hybridized carbons (Fsp3) is 0.600. The van der Waals surface area contributed by atoms with Crippen molar-refractivity contribution in [3.63, 3.8) is 0 Å². The van der Waals surface area contributed by atoms with Gasteiger partial charge in [0.25, 0.3) is 0 Å². The molecule has 0 saturated carbocycles. The molecule has 0 aliphatic heterocycles. The first-order valence-electron chi connectivity index (χ1n) is 6.87. The molecular formula is C15H25NO4. The van der Waals surface area contributed by atoms with Crippen molar-refractivity contribution >= 4 is 0 Å². The molecule has 0 amide bonds. The van der Waals surface area contributed by atoms with Crippen LogP contribution in [-0.4, -0.2) is 46.8 Å². The van der Waals surface area contributed by atoms with Crippen molar-refractivity contribution in [1.29, 1.82) is 0 Å². The summed E-state index contributed by atoms with van der Waals surface area (Å²) in [6.45, 7) is 5.38. The van der Waals surface area contributed by atoms with Crippen molar-refractivity contribution in [2.45, 2.75) is 13.0 Å². The Morgan fingerprint density at radius 3 is 2.00 bits per heavy atom. The summed E-state index contributed by atoms with van der Waals surface area (Å²) in [7, 11) is 1.65. The molecule has 0 aromatic heterocycles. The minimum absolute atomic E-state index is 0.0468. The molecule has 0 aliphatic carbocycles. The van der Waals surface area contributed by atoms with E-state index in [1.807, 2.05) is 31.2 Å². The molecule has 0 spiro atoms. The van der Waals surface area contributed by atoms with Crippen molar-refractivity contribution in [2.75, 3.05) is 46.8 Å². The van der Waals surface area contributed by atoms with Gasteiger partial charge >= 0.3 is 0 Å². The summed E-state index contributed by atoms with van der Waals surface area (Å²) in [5.41, 5.74) is 6.88. The minimum Gasteiger partial charge on any atom is -0.491 e. The van der Waals surface area contributed by atoms with Gasteiger partial charge in [-0.3, -0.25) is 0 Å². The van der Waals surface area contributed by atoms with Crippen LogP contribution in [0.3, 0.4) is 0 Å². The molecular weight excluding hydrogens is 258 g/mol. The molecule has 0 fully saturated rings. The van der Waals surface area contributed by atoms with Gasteiger partial charge in [-0.05, 0) is 24.6 Å². The lowest BCUT2D eigenvalue weighted by Gasteiger charge is -2.09. The second-order valence-electron chi connectivity index (χ2n) is 4.42. The highest BCUT2D eigenvalue weighted by molar-refractivity contribution is 5.28. The summed E-state index contributed by atoms with van der Waals surface area (Å²) in [5, 5.41) is 0. The van der Waals surface area contributed by atoms with E-state index in [9.17, 15) is 0 Å². The molecule has 0 saturated heterocycles. The standard InChI is InChI=1S/C15H25NO4/c1-13(16)14-3-5-15(6-4-14)20-12-11-19-10-9-18-8-7-17-2/h3-6,13H,7-12,16H2,1-2H3. The van der Waals surface area contributed by atoms with Crippen molar-refractivity contribution < 1.29 is 18.9 Å². The predicted octanol–water partition coefficient (Wildman–Crippen LogP) is 1.76. The summed E-state index contributed by atoms with van der Waals surface area (Å²) in [4.78, 5) is 0. The van der Waals surface area contributed by atoms with Gasteiger partial charge in [-0.1, -0.05) is 12.1 Å². The lowest BCUT2D eigenvalue weighted by atomic mass is 10.1. The molecule has 1 atom stereocenters. The Kier molecular flexibility index (Phi) is 8.98.